The summed E-state index contributed by atoms with van der Waals surface area (Å²) in [7, 11) is 0. The summed E-state index contributed by atoms with van der Waals surface area (Å²) in [6, 6.07) is 0.304. The van der Waals surface area contributed by atoms with Crippen LogP contribution in [-0.4, -0.2) is 46.5 Å². The standard InChI is InChI=1S/C12H21NO3S/c1-9(12(15)16)8-13(10-5-6-10)11(14)4-3-7-17-2/h9-10H,3-8H2,1-2H3,(H,15,16). The van der Waals surface area contributed by atoms with Crippen molar-refractivity contribution in [1.82, 2.24) is 4.90 Å². The molecule has 0 spiro atoms. The molecule has 4 nitrogen and oxygen atoms in total. The van der Waals surface area contributed by atoms with Gasteiger partial charge >= 0.3 is 5.97 Å². The first-order valence-electron chi connectivity index (χ1n) is 6.07. The average Bonchev–Trinajstić information content (AvgIpc) is 3.09. The Hall–Kier alpha value is -0.710. The Kier molecular flexibility index (Phi) is 5.82. The minimum atomic E-state index is -0.826. The highest BCUT2D eigenvalue weighted by Crippen LogP contribution is 2.28. The molecule has 0 aromatic heterocycles. The van der Waals surface area contributed by atoms with E-state index in [4.69, 9.17) is 5.11 Å². The second kappa shape index (κ2) is 6.89. The van der Waals surface area contributed by atoms with Gasteiger partial charge in [-0.25, -0.2) is 0 Å². The summed E-state index contributed by atoms with van der Waals surface area (Å²) in [5.41, 5.74) is 0. The van der Waals surface area contributed by atoms with Crippen LogP contribution in [0.5, 0.6) is 0 Å². The molecule has 5 heteroatoms. The van der Waals surface area contributed by atoms with Crippen molar-refractivity contribution in [3.63, 3.8) is 0 Å². The van der Waals surface area contributed by atoms with Gasteiger partial charge in [-0.2, -0.15) is 11.8 Å². The number of hydrogen-bond acceptors (Lipinski definition) is 3. The molecule has 1 fully saturated rings. The molecule has 0 saturated heterocycles. The first-order chi connectivity index (χ1) is 8.06. The lowest BCUT2D eigenvalue weighted by molar-refractivity contribution is -0.143. The number of carboxylic acids is 1. The van der Waals surface area contributed by atoms with Gasteiger partial charge in [0, 0.05) is 19.0 Å². The molecule has 17 heavy (non-hydrogen) atoms. The molecule has 0 heterocycles. The van der Waals surface area contributed by atoms with Crippen LogP contribution in [0.3, 0.4) is 0 Å². The van der Waals surface area contributed by atoms with Crippen LogP contribution in [0.25, 0.3) is 0 Å². The molecule has 1 aliphatic rings. The normalized spacial score (nSPS) is 16.6. The van der Waals surface area contributed by atoms with E-state index in [-0.39, 0.29) is 5.91 Å². The number of carboxylic acid groups (broad SMARTS) is 1. The molecule has 1 atom stereocenters. The van der Waals surface area contributed by atoms with Crippen LogP contribution < -0.4 is 0 Å². The molecule has 0 bridgehead atoms. The van der Waals surface area contributed by atoms with Crippen molar-refractivity contribution in [3.8, 4) is 0 Å². The van der Waals surface area contributed by atoms with Crippen molar-refractivity contribution < 1.29 is 14.7 Å². The van der Waals surface area contributed by atoms with E-state index in [1.807, 2.05) is 6.26 Å². The Morgan fingerprint density at radius 3 is 2.59 bits per heavy atom. The van der Waals surface area contributed by atoms with Gasteiger partial charge in [-0.3, -0.25) is 9.59 Å². The third-order valence-electron chi connectivity index (χ3n) is 2.94. The molecule has 0 aliphatic heterocycles. The summed E-state index contributed by atoms with van der Waals surface area (Å²) >= 11 is 1.73. The van der Waals surface area contributed by atoms with Crippen molar-refractivity contribution in [2.45, 2.75) is 38.6 Å². The summed E-state index contributed by atoms with van der Waals surface area (Å²) in [6.07, 6.45) is 5.51. The Morgan fingerprint density at radius 2 is 2.12 bits per heavy atom. The number of amides is 1. The third kappa shape index (κ3) is 4.98. The number of rotatable bonds is 8. The highest BCUT2D eigenvalue weighted by Gasteiger charge is 2.33. The van der Waals surface area contributed by atoms with Gasteiger partial charge in [0.05, 0.1) is 5.92 Å². The Bertz CT molecular complexity index is 279. The summed E-state index contributed by atoms with van der Waals surface area (Å²) in [5.74, 6) is -0.194. The van der Waals surface area contributed by atoms with E-state index in [1.54, 1.807) is 23.6 Å². The highest BCUT2D eigenvalue weighted by molar-refractivity contribution is 7.98. The fraction of sp³-hybridized carbons (Fsp3) is 0.833. The van der Waals surface area contributed by atoms with Gasteiger partial charge in [0.25, 0.3) is 0 Å². The van der Waals surface area contributed by atoms with E-state index >= 15 is 0 Å². The van der Waals surface area contributed by atoms with Crippen LogP contribution in [0.15, 0.2) is 0 Å². The maximum Gasteiger partial charge on any atom is 0.308 e. The molecule has 1 aliphatic carbocycles. The smallest absolute Gasteiger partial charge is 0.308 e. The number of thioether (sulfide) groups is 1. The molecule has 1 rings (SSSR count). The van der Waals surface area contributed by atoms with Gasteiger partial charge in [-0.15, -0.1) is 0 Å². The fourth-order valence-corrected chi connectivity index (χ4v) is 2.16. The van der Waals surface area contributed by atoms with Crippen LogP contribution in [0, 0.1) is 5.92 Å². The largest absolute Gasteiger partial charge is 0.481 e. The van der Waals surface area contributed by atoms with Gasteiger partial charge in [-0.1, -0.05) is 6.92 Å². The Morgan fingerprint density at radius 1 is 1.47 bits per heavy atom. The SMILES string of the molecule is CSCCCC(=O)N(CC(C)C(=O)O)C1CC1. The minimum Gasteiger partial charge on any atom is -0.481 e. The average molecular weight is 259 g/mol. The zero-order chi connectivity index (χ0) is 12.8. The van der Waals surface area contributed by atoms with Crippen LogP contribution in [0.2, 0.25) is 0 Å². The predicted octanol–water partition coefficient (Wildman–Crippen LogP) is 1.84. The molecule has 1 N–H and O–H groups in total. The van der Waals surface area contributed by atoms with Crippen molar-refractivity contribution in [2.75, 3.05) is 18.6 Å². The predicted molar refractivity (Wildman–Crippen MR) is 69.2 cm³/mol. The van der Waals surface area contributed by atoms with E-state index in [1.165, 1.54) is 0 Å². The third-order valence-corrected chi connectivity index (χ3v) is 3.64. The first kappa shape index (κ1) is 14.4. The molecule has 1 unspecified atom stereocenters. The zero-order valence-corrected chi connectivity index (χ0v) is 11.3. The molecule has 0 aromatic carbocycles. The molecular weight excluding hydrogens is 238 g/mol. The van der Waals surface area contributed by atoms with E-state index in [2.05, 4.69) is 0 Å². The number of hydrogen-bond donors (Lipinski definition) is 1. The molecule has 1 saturated carbocycles. The summed E-state index contributed by atoms with van der Waals surface area (Å²) < 4.78 is 0. The Labute approximate surface area is 107 Å². The lowest BCUT2D eigenvalue weighted by Gasteiger charge is -2.24. The zero-order valence-electron chi connectivity index (χ0n) is 10.5. The number of aliphatic carboxylic acids is 1. The van der Waals surface area contributed by atoms with E-state index in [0.717, 1.165) is 25.0 Å². The van der Waals surface area contributed by atoms with E-state index in [0.29, 0.717) is 19.0 Å². The topological polar surface area (TPSA) is 57.6 Å². The Balaban J connectivity index is 2.42. The van der Waals surface area contributed by atoms with Crippen molar-refractivity contribution in [2.24, 2.45) is 5.92 Å². The molecule has 0 radical (unpaired) electrons. The van der Waals surface area contributed by atoms with Gasteiger partial charge in [0.1, 0.15) is 0 Å². The van der Waals surface area contributed by atoms with Crippen LogP contribution in [0.1, 0.15) is 32.6 Å². The van der Waals surface area contributed by atoms with E-state index < -0.39 is 11.9 Å². The minimum absolute atomic E-state index is 0.120. The van der Waals surface area contributed by atoms with Crippen LogP contribution in [0.4, 0.5) is 0 Å². The maximum absolute atomic E-state index is 12.0. The van der Waals surface area contributed by atoms with Gasteiger partial charge in [0.15, 0.2) is 0 Å². The first-order valence-corrected chi connectivity index (χ1v) is 7.46. The second-order valence-corrected chi connectivity index (χ2v) is 5.60. The second-order valence-electron chi connectivity index (χ2n) is 4.61. The number of carbonyl (C=O) groups excluding carboxylic acids is 1. The summed E-state index contributed by atoms with van der Waals surface area (Å²) in [5, 5.41) is 8.89. The fourth-order valence-electron chi connectivity index (χ4n) is 1.73. The lowest BCUT2D eigenvalue weighted by Crippen LogP contribution is -2.38. The lowest BCUT2D eigenvalue weighted by atomic mass is 10.1. The van der Waals surface area contributed by atoms with Gasteiger partial charge in [0.2, 0.25) is 5.91 Å². The number of nitrogens with zero attached hydrogens (tertiary/aromatic N) is 1. The van der Waals surface area contributed by atoms with Crippen LogP contribution >= 0.6 is 11.8 Å². The summed E-state index contributed by atoms with van der Waals surface area (Å²) in [4.78, 5) is 24.6. The molecule has 1 amide bonds. The van der Waals surface area contributed by atoms with Crippen LogP contribution in [-0.2, 0) is 9.59 Å². The van der Waals surface area contributed by atoms with E-state index in [9.17, 15) is 9.59 Å². The molecular formula is C12H21NO3S. The summed E-state index contributed by atoms with van der Waals surface area (Å²) in [6.45, 7) is 2.02. The maximum atomic E-state index is 12.0. The monoisotopic (exact) mass is 259 g/mol. The van der Waals surface area contributed by atoms with Gasteiger partial charge in [-0.05, 0) is 31.3 Å². The number of carbonyl (C=O) groups is 2. The van der Waals surface area contributed by atoms with Crippen molar-refractivity contribution in [3.05, 3.63) is 0 Å². The molecule has 98 valence electrons. The van der Waals surface area contributed by atoms with Crippen molar-refractivity contribution >= 4 is 23.6 Å². The van der Waals surface area contributed by atoms with Crippen molar-refractivity contribution in [1.29, 1.82) is 0 Å². The highest BCUT2D eigenvalue weighted by atomic mass is 32.2. The molecule has 0 aromatic rings. The van der Waals surface area contributed by atoms with Gasteiger partial charge < -0.3 is 10.0 Å². The quantitative estimate of drug-likeness (QED) is 0.676.